The van der Waals surface area contributed by atoms with E-state index in [9.17, 15) is 13.2 Å². The molecule has 9 nitrogen and oxygen atoms in total. The van der Waals surface area contributed by atoms with Crippen LogP contribution in [0.15, 0.2) is 87.3 Å². The van der Waals surface area contributed by atoms with Crippen LogP contribution in [-0.4, -0.2) is 69.6 Å². The smallest absolute Gasteiger partial charge is 0.254 e. The molecule has 1 saturated heterocycles. The molecular weight excluding hydrogens is 572 g/mol. The zero-order chi connectivity index (χ0) is 27.0. The Bertz CT molecular complexity index is 1360. The van der Waals surface area contributed by atoms with Crippen molar-refractivity contribution in [3.8, 4) is 11.5 Å². The van der Waals surface area contributed by atoms with Crippen LogP contribution >= 0.6 is 15.9 Å². The Kier molecular flexibility index (Phi) is 9.51. The molecule has 1 heterocycles. The number of carbonyl (C=O) groups is 1. The molecule has 4 rings (SSSR count). The molecule has 200 valence electrons. The van der Waals surface area contributed by atoms with Crippen LogP contribution in [0.25, 0.3) is 0 Å². The van der Waals surface area contributed by atoms with Crippen LogP contribution in [0.5, 0.6) is 11.5 Å². The Hall–Kier alpha value is -3.25. The summed E-state index contributed by atoms with van der Waals surface area (Å²) in [5, 5.41) is 4.05. The van der Waals surface area contributed by atoms with Gasteiger partial charge >= 0.3 is 0 Å². The van der Waals surface area contributed by atoms with Gasteiger partial charge in [-0.15, -0.1) is 0 Å². The SMILES string of the molecule is COc1cc(C=NNC(=O)CN2CCN(S(=O)(=O)c3ccc(Br)cc3)CC2)ccc1OCc1ccccc1. The number of hydrogen-bond donors (Lipinski definition) is 1. The van der Waals surface area contributed by atoms with E-state index < -0.39 is 10.0 Å². The number of methoxy groups -OCH3 is 1. The van der Waals surface area contributed by atoms with Gasteiger partial charge in [-0.3, -0.25) is 9.69 Å². The standard InChI is InChI=1S/C27H29BrN4O5S/c1-36-26-17-22(7-12-25(26)37-20-21-5-3-2-4-6-21)18-29-30-27(33)19-31-13-15-32(16-14-31)38(34,35)24-10-8-23(28)9-11-24/h2-12,17-18H,13-16,19-20H2,1H3,(H,30,33). The van der Waals surface area contributed by atoms with Gasteiger partial charge in [-0.25, -0.2) is 13.8 Å². The minimum absolute atomic E-state index is 0.124. The number of sulfonamides is 1. The number of hydrogen-bond acceptors (Lipinski definition) is 7. The van der Waals surface area contributed by atoms with E-state index in [4.69, 9.17) is 9.47 Å². The van der Waals surface area contributed by atoms with E-state index in [1.54, 1.807) is 43.5 Å². The first kappa shape index (κ1) is 27.8. The minimum atomic E-state index is -3.56. The first-order valence-corrected chi connectivity index (χ1v) is 14.2. The lowest BCUT2D eigenvalue weighted by molar-refractivity contribution is -0.122. The van der Waals surface area contributed by atoms with Crippen LogP contribution in [-0.2, 0) is 21.4 Å². The van der Waals surface area contributed by atoms with E-state index in [2.05, 4.69) is 26.5 Å². The predicted molar refractivity (Wildman–Crippen MR) is 149 cm³/mol. The van der Waals surface area contributed by atoms with Crippen molar-refractivity contribution in [3.63, 3.8) is 0 Å². The maximum atomic E-state index is 12.8. The summed E-state index contributed by atoms with van der Waals surface area (Å²) in [5.41, 5.74) is 4.32. The summed E-state index contributed by atoms with van der Waals surface area (Å²) >= 11 is 3.32. The predicted octanol–water partition coefficient (Wildman–Crippen LogP) is 3.49. The fraction of sp³-hybridized carbons (Fsp3) is 0.259. The fourth-order valence-corrected chi connectivity index (χ4v) is 5.61. The van der Waals surface area contributed by atoms with Crippen molar-refractivity contribution in [2.75, 3.05) is 39.8 Å². The van der Waals surface area contributed by atoms with Crippen molar-refractivity contribution in [2.24, 2.45) is 5.10 Å². The number of nitrogens with zero attached hydrogens (tertiary/aromatic N) is 3. The Labute approximate surface area is 231 Å². The highest BCUT2D eigenvalue weighted by Crippen LogP contribution is 2.28. The van der Waals surface area contributed by atoms with Crippen LogP contribution in [0.1, 0.15) is 11.1 Å². The van der Waals surface area contributed by atoms with E-state index >= 15 is 0 Å². The van der Waals surface area contributed by atoms with Gasteiger partial charge in [0, 0.05) is 30.7 Å². The summed E-state index contributed by atoms with van der Waals surface area (Å²) in [6.45, 7) is 2.08. The number of benzene rings is 3. The van der Waals surface area contributed by atoms with Gasteiger partial charge < -0.3 is 9.47 Å². The molecule has 0 unspecified atom stereocenters. The quantitative estimate of drug-likeness (QED) is 0.282. The first-order chi connectivity index (χ1) is 18.3. The number of ether oxygens (including phenoxy) is 2. The molecular formula is C27H29BrN4O5S. The number of piperazine rings is 1. The first-order valence-electron chi connectivity index (χ1n) is 12.0. The Morgan fingerprint density at radius 2 is 1.71 bits per heavy atom. The van der Waals surface area contributed by atoms with Gasteiger partial charge in [0.25, 0.3) is 5.91 Å². The van der Waals surface area contributed by atoms with Crippen molar-refractivity contribution in [2.45, 2.75) is 11.5 Å². The van der Waals surface area contributed by atoms with Gasteiger partial charge in [-0.2, -0.15) is 9.41 Å². The van der Waals surface area contributed by atoms with E-state index in [1.807, 2.05) is 41.3 Å². The summed E-state index contributed by atoms with van der Waals surface area (Å²) in [4.78, 5) is 14.5. The molecule has 3 aromatic rings. The average molecular weight is 602 g/mol. The highest BCUT2D eigenvalue weighted by atomic mass is 79.9. The molecule has 3 aromatic carbocycles. The number of rotatable bonds is 10. The minimum Gasteiger partial charge on any atom is -0.493 e. The largest absolute Gasteiger partial charge is 0.493 e. The van der Waals surface area contributed by atoms with Crippen LogP contribution in [0.3, 0.4) is 0 Å². The van der Waals surface area contributed by atoms with Crippen LogP contribution < -0.4 is 14.9 Å². The van der Waals surface area contributed by atoms with Gasteiger partial charge in [0.2, 0.25) is 10.0 Å². The molecule has 38 heavy (non-hydrogen) atoms. The van der Waals surface area contributed by atoms with Gasteiger partial charge in [-0.1, -0.05) is 46.3 Å². The number of amides is 1. The lowest BCUT2D eigenvalue weighted by Gasteiger charge is -2.33. The summed E-state index contributed by atoms with van der Waals surface area (Å²) in [6, 6.07) is 21.8. The third kappa shape index (κ3) is 7.41. The molecule has 11 heteroatoms. The average Bonchev–Trinajstić information content (AvgIpc) is 2.93. The maximum Gasteiger partial charge on any atom is 0.254 e. The van der Waals surface area contributed by atoms with Crippen molar-refractivity contribution in [1.82, 2.24) is 14.6 Å². The van der Waals surface area contributed by atoms with Gasteiger partial charge in [0.15, 0.2) is 11.5 Å². The molecule has 1 aliphatic rings. The van der Waals surface area contributed by atoms with Crippen LogP contribution in [0.2, 0.25) is 0 Å². The van der Waals surface area contributed by atoms with Crippen molar-refractivity contribution in [1.29, 1.82) is 0 Å². The maximum absolute atomic E-state index is 12.8. The molecule has 0 bridgehead atoms. The van der Waals surface area contributed by atoms with Crippen LogP contribution in [0, 0.1) is 0 Å². The fourth-order valence-electron chi connectivity index (χ4n) is 3.92. The number of hydrazone groups is 1. The van der Waals surface area contributed by atoms with Crippen molar-refractivity contribution >= 4 is 38.1 Å². The zero-order valence-electron chi connectivity index (χ0n) is 20.9. The van der Waals surface area contributed by atoms with Crippen LogP contribution in [0.4, 0.5) is 0 Å². The summed E-state index contributed by atoms with van der Waals surface area (Å²) in [6.07, 6.45) is 1.53. The van der Waals surface area contributed by atoms with Gasteiger partial charge in [0.05, 0.1) is 24.8 Å². The molecule has 1 amide bonds. The van der Waals surface area contributed by atoms with E-state index in [-0.39, 0.29) is 17.3 Å². The normalized spacial score (nSPS) is 14.9. The monoisotopic (exact) mass is 600 g/mol. The van der Waals surface area contributed by atoms with E-state index in [0.717, 1.165) is 15.6 Å². The zero-order valence-corrected chi connectivity index (χ0v) is 23.3. The summed E-state index contributed by atoms with van der Waals surface area (Å²) in [5.74, 6) is 0.895. The second-order valence-corrected chi connectivity index (χ2v) is 11.5. The van der Waals surface area contributed by atoms with E-state index in [1.165, 1.54) is 10.5 Å². The second-order valence-electron chi connectivity index (χ2n) is 8.61. The Morgan fingerprint density at radius 1 is 1.00 bits per heavy atom. The molecule has 0 radical (unpaired) electrons. The van der Waals surface area contributed by atoms with Crippen molar-refractivity contribution in [3.05, 3.63) is 88.4 Å². The molecule has 0 aromatic heterocycles. The number of nitrogens with one attached hydrogen (secondary N) is 1. The lowest BCUT2D eigenvalue weighted by Crippen LogP contribution is -2.50. The molecule has 0 atom stereocenters. The van der Waals surface area contributed by atoms with E-state index in [0.29, 0.717) is 44.3 Å². The van der Waals surface area contributed by atoms with Crippen molar-refractivity contribution < 1.29 is 22.7 Å². The Balaban J connectivity index is 1.24. The third-order valence-corrected chi connectivity index (χ3v) is 8.42. The van der Waals surface area contributed by atoms with Gasteiger partial charge in [0.1, 0.15) is 6.61 Å². The molecule has 1 fully saturated rings. The third-order valence-electron chi connectivity index (χ3n) is 5.98. The molecule has 1 N–H and O–H groups in total. The topological polar surface area (TPSA) is 101 Å². The summed E-state index contributed by atoms with van der Waals surface area (Å²) < 4.78 is 39.3. The molecule has 0 aliphatic carbocycles. The molecule has 0 spiro atoms. The lowest BCUT2D eigenvalue weighted by atomic mass is 10.2. The number of carbonyl (C=O) groups excluding carboxylic acids is 1. The number of halogens is 1. The second kappa shape index (κ2) is 13.0. The molecule has 0 saturated carbocycles. The van der Waals surface area contributed by atoms with Gasteiger partial charge in [-0.05, 0) is 53.6 Å². The molecule has 1 aliphatic heterocycles. The highest BCUT2D eigenvalue weighted by Gasteiger charge is 2.29. The Morgan fingerprint density at radius 3 is 2.39 bits per heavy atom. The summed E-state index contributed by atoms with van der Waals surface area (Å²) in [7, 11) is -1.99. The highest BCUT2D eigenvalue weighted by molar-refractivity contribution is 9.10.